The van der Waals surface area contributed by atoms with Gasteiger partial charge in [-0.1, -0.05) is 23.7 Å². The van der Waals surface area contributed by atoms with Crippen LogP contribution in [0.1, 0.15) is 16.0 Å². The molecule has 4 rings (SSSR count). The van der Waals surface area contributed by atoms with Crippen LogP contribution in [0.2, 0.25) is 5.02 Å². The van der Waals surface area contributed by atoms with Crippen LogP contribution in [0.15, 0.2) is 63.6 Å². The van der Waals surface area contributed by atoms with E-state index in [1.165, 1.54) is 42.0 Å². The number of methoxy groups -OCH3 is 2. The second-order valence-corrected chi connectivity index (χ2v) is 11.1. The van der Waals surface area contributed by atoms with Gasteiger partial charge in [-0.15, -0.1) is 11.3 Å². The van der Waals surface area contributed by atoms with Crippen LogP contribution in [0.5, 0.6) is 11.5 Å². The molecule has 7 nitrogen and oxygen atoms in total. The third-order valence-electron chi connectivity index (χ3n) is 5.47. The lowest BCUT2D eigenvalue weighted by Gasteiger charge is -2.22. The Morgan fingerprint density at radius 2 is 1.76 bits per heavy atom. The van der Waals surface area contributed by atoms with Crippen LogP contribution in [0.4, 0.5) is 0 Å². The number of thiophene rings is 1. The van der Waals surface area contributed by atoms with Gasteiger partial charge in [0.15, 0.2) is 11.5 Å². The number of fused-ring (bicyclic) bond motifs is 1. The number of H-pyrrole nitrogens is 1. The number of nitrogens with one attached hydrogen (secondary N) is 1. The third-order valence-corrected chi connectivity index (χ3v) is 8.52. The molecule has 0 radical (unpaired) electrons. The fourth-order valence-electron chi connectivity index (χ4n) is 3.57. The van der Waals surface area contributed by atoms with Crippen LogP contribution in [-0.2, 0) is 23.1 Å². The Morgan fingerprint density at radius 1 is 1.03 bits per heavy atom. The van der Waals surface area contributed by atoms with Crippen molar-refractivity contribution < 1.29 is 17.9 Å². The molecular weight excluding hydrogens is 496 g/mol. The van der Waals surface area contributed by atoms with Crippen molar-refractivity contribution in [3.8, 4) is 11.5 Å². The van der Waals surface area contributed by atoms with Crippen LogP contribution < -0.4 is 15.0 Å². The minimum Gasteiger partial charge on any atom is -0.493 e. The lowest BCUT2D eigenvalue weighted by Crippen LogP contribution is -2.32. The van der Waals surface area contributed by atoms with Crippen LogP contribution in [0.3, 0.4) is 0 Å². The third kappa shape index (κ3) is 4.83. The molecule has 0 aliphatic rings. The lowest BCUT2D eigenvalue weighted by atomic mass is 10.1. The average molecular weight is 519 g/mol. The van der Waals surface area contributed by atoms with E-state index in [1.54, 1.807) is 31.2 Å². The van der Waals surface area contributed by atoms with E-state index in [0.29, 0.717) is 33.0 Å². The normalized spacial score (nSPS) is 11.8. The minimum atomic E-state index is -3.95. The monoisotopic (exact) mass is 518 g/mol. The molecule has 178 valence electrons. The number of aromatic amines is 1. The van der Waals surface area contributed by atoms with Crippen molar-refractivity contribution in [2.75, 3.05) is 14.2 Å². The second kappa shape index (κ2) is 9.79. The fraction of sp³-hybridized carbons (Fsp3) is 0.208. The zero-order valence-corrected chi connectivity index (χ0v) is 21.2. The number of rotatable bonds is 8. The van der Waals surface area contributed by atoms with Crippen molar-refractivity contribution >= 4 is 43.9 Å². The molecule has 0 bridgehead atoms. The molecule has 10 heteroatoms. The maximum absolute atomic E-state index is 13.6. The van der Waals surface area contributed by atoms with Gasteiger partial charge in [-0.2, -0.15) is 4.31 Å². The van der Waals surface area contributed by atoms with Gasteiger partial charge in [0.05, 0.1) is 24.6 Å². The Bertz CT molecular complexity index is 1500. The molecule has 0 amide bonds. The van der Waals surface area contributed by atoms with Gasteiger partial charge in [0, 0.05) is 40.0 Å². The number of benzene rings is 2. The van der Waals surface area contributed by atoms with Gasteiger partial charge in [-0.3, -0.25) is 4.79 Å². The first-order chi connectivity index (χ1) is 16.2. The molecule has 0 aliphatic heterocycles. The van der Waals surface area contributed by atoms with Crippen LogP contribution >= 0.6 is 22.9 Å². The number of aromatic nitrogens is 1. The molecule has 4 aromatic rings. The van der Waals surface area contributed by atoms with E-state index in [4.69, 9.17) is 21.1 Å². The van der Waals surface area contributed by atoms with Crippen molar-refractivity contribution in [3.05, 3.63) is 85.3 Å². The van der Waals surface area contributed by atoms with Crippen molar-refractivity contribution in [2.24, 2.45) is 0 Å². The second-order valence-electron chi connectivity index (χ2n) is 7.68. The van der Waals surface area contributed by atoms with Gasteiger partial charge in [0.1, 0.15) is 0 Å². The standard InChI is InChI=1S/C24H23ClN2O5S2/c1-15-6-7-19(11-20(15)25)34(29,30)27(14-18-5-4-8-33-18)13-17-9-16-10-22(31-2)23(32-3)12-21(16)26-24(17)28/h4-12H,13-14H2,1-3H3,(H,26,28). The highest BCUT2D eigenvalue weighted by molar-refractivity contribution is 7.89. The zero-order chi connectivity index (χ0) is 24.5. The minimum absolute atomic E-state index is 0.0725. The number of aryl methyl sites for hydroxylation is 1. The van der Waals surface area contributed by atoms with Gasteiger partial charge in [-0.25, -0.2) is 8.42 Å². The van der Waals surface area contributed by atoms with Crippen LogP contribution in [0, 0.1) is 6.92 Å². The summed E-state index contributed by atoms with van der Waals surface area (Å²) in [6.45, 7) is 1.81. The van der Waals surface area contributed by atoms with Crippen molar-refractivity contribution in [2.45, 2.75) is 24.9 Å². The number of halogens is 1. The Balaban J connectivity index is 1.79. The first kappa shape index (κ1) is 24.3. The Labute approximate surface area is 206 Å². The maximum atomic E-state index is 13.6. The molecule has 0 saturated carbocycles. The summed E-state index contributed by atoms with van der Waals surface area (Å²) in [7, 11) is -0.909. The van der Waals surface area contributed by atoms with Gasteiger partial charge in [-0.05, 0) is 48.2 Å². The molecule has 0 atom stereocenters. The predicted octanol–water partition coefficient (Wildman–Crippen LogP) is 4.96. The van der Waals surface area contributed by atoms with E-state index in [9.17, 15) is 13.2 Å². The summed E-state index contributed by atoms with van der Waals surface area (Å²) in [4.78, 5) is 16.7. The Morgan fingerprint density at radius 3 is 2.41 bits per heavy atom. The SMILES string of the molecule is COc1cc2cc(CN(Cc3cccs3)S(=O)(=O)c3ccc(C)c(Cl)c3)c(=O)[nH]c2cc1OC. The molecule has 1 N–H and O–H groups in total. The number of sulfonamides is 1. The van der Waals surface area contributed by atoms with E-state index in [-0.39, 0.29) is 23.5 Å². The summed E-state index contributed by atoms with van der Waals surface area (Å²) in [6.07, 6.45) is 0. The number of nitrogens with zero attached hydrogens (tertiary/aromatic N) is 1. The molecule has 0 saturated heterocycles. The van der Waals surface area contributed by atoms with Gasteiger partial charge < -0.3 is 14.5 Å². The smallest absolute Gasteiger partial charge is 0.252 e. The molecule has 0 fully saturated rings. The highest BCUT2D eigenvalue weighted by Crippen LogP contribution is 2.32. The van der Waals surface area contributed by atoms with Crippen LogP contribution in [-0.4, -0.2) is 31.9 Å². The summed E-state index contributed by atoms with van der Waals surface area (Å²) in [5.41, 5.74) is 1.26. The molecule has 2 aromatic heterocycles. The molecule has 2 heterocycles. The van der Waals surface area contributed by atoms with E-state index in [0.717, 1.165) is 10.4 Å². The number of hydrogen-bond donors (Lipinski definition) is 1. The van der Waals surface area contributed by atoms with E-state index < -0.39 is 10.0 Å². The number of pyridine rings is 1. The molecule has 0 unspecified atom stereocenters. The highest BCUT2D eigenvalue weighted by Gasteiger charge is 2.27. The molecule has 34 heavy (non-hydrogen) atoms. The average Bonchev–Trinajstić information content (AvgIpc) is 3.33. The summed E-state index contributed by atoms with van der Waals surface area (Å²) in [5.74, 6) is 0.988. The van der Waals surface area contributed by atoms with Gasteiger partial charge >= 0.3 is 0 Å². The quantitative estimate of drug-likeness (QED) is 0.356. The largest absolute Gasteiger partial charge is 0.493 e. The summed E-state index contributed by atoms with van der Waals surface area (Å²) >= 11 is 7.66. The Hall–Kier alpha value is -2.85. The molecular formula is C24H23ClN2O5S2. The topological polar surface area (TPSA) is 88.7 Å². The van der Waals surface area contributed by atoms with Gasteiger partial charge in [0.2, 0.25) is 10.0 Å². The van der Waals surface area contributed by atoms with E-state index >= 15 is 0 Å². The molecule has 2 aromatic carbocycles. The Kier molecular flexibility index (Phi) is 6.99. The number of hydrogen-bond acceptors (Lipinski definition) is 6. The van der Waals surface area contributed by atoms with Gasteiger partial charge in [0.25, 0.3) is 5.56 Å². The molecule has 0 spiro atoms. The van der Waals surface area contributed by atoms with Crippen molar-refractivity contribution in [1.82, 2.24) is 9.29 Å². The summed E-state index contributed by atoms with van der Waals surface area (Å²) < 4.78 is 39.2. The zero-order valence-electron chi connectivity index (χ0n) is 18.8. The first-order valence-electron chi connectivity index (χ1n) is 10.3. The lowest BCUT2D eigenvalue weighted by molar-refractivity contribution is 0.355. The fourth-order valence-corrected chi connectivity index (χ4v) is 6.04. The van der Waals surface area contributed by atoms with Crippen molar-refractivity contribution in [1.29, 1.82) is 0 Å². The predicted molar refractivity (Wildman–Crippen MR) is 135 cm³/mol. The van der Waals surface area contributed by atoms with E-state index in [1.807, 2.05) is 17.5 Å². The van der Waals surface area contributed by atoms with Crippen LogP contribution in [0.25, 0.3) is 10.9 Å². The maximum Gasteiger partial charge on any atom is 0.252 e. The first-order valence-corrected chi connectivity index (χ1v) is 13.0. The molecule has 0 aliphatic carbocycles. The highest BCUT2D eigenvalue weighted by atomic mass is 35.5. The van der Waals surface area contributed by atoms with Crippen molar-refractivity contribution in [3.63, 3.8) is 0 Å². The number of ether oxygens (including phenoxy) is 2. The van der Waals surface area contributed by atoms with E-state index in [2.05, 4.69) is 4.98 Å². The summed E-state index contributed by atoms with van der Waals surface area (Å²) in [6, 6.07) is 13.4. The summed E-state index contributed by atoms with van der Waals surface area (Å²) in [5, 5.41) is 2.94.